The van der Waals surface area contributed by atoms with Gasteiger partial charge in [0.15, 0.2) is 0 Å². The summed E-state index contributed by atoms with van der Waals surface area (Å²) >= 11 is 0. The maximum atomic E-state index is 6.24. The monoisotopic (exact) mass is 262 g/mol. The van der Waals surface area contributed by atoms with E-state index >= 15 is 0 Å². The fourth-order valence-electron chi connectivity index (χ4n) is 2.80. The standard InChI is InChI=1S/C16H26N2O/c1-19-13-14-7-10-18(11-8-14)12-9-16(17)15-5-3-2-4-6-15/h2-6,14,16H,7-13,17H2,1H3. The molecule has 106 valence electrons. The van der Waals surface area contributed by atoms with Gasteiger partial charge in [-0.25, -0.2) is 0 Å². The van der Waals surface area contributed by atoms with Crippen molar-refractivity contribution in [3.63, 3.8) is 0 Å². The molecule has 1 heterocycles. The minimum Gasteiger partial charge on any atom is -0.384 e. The molecule has 0 saturated carbocycles. The van der Waals surface area contributed by atoms with Crippen LogP contribution in [0.15, 0.2) is 30.3 Å². The summed E-state index contributed by atoms with van der Waals surface area (Å²) in [5.41, 5.74) is 7.49. The van der Waals surface area contributed by atoms with Gasteiger partial charge >= 0.3 is 0 Å². The summed E-state index contributed by atoms with van der Waals surface area (Å²) in [6, 6.07) is 10.6. The third-order valence-electron chi connectivity index (χ3n) is 4.09. The molecule has 1 aromatic carbocycles. The predicted molar refractivity (Wildman–Crippen MR) is 79.0 cm³/mol. The van der Waals surface area contributed by atoms with Crippen LogP contribution in [0.5, 0.6) is 0 Å². The zero-order chi connectivity index (χ0) is 13.5. The van der Waals surface area contributed by atoms with Crippen LogP contribution in [0.1, 0.15) is 30.9 Å². The maximum Gasteiger partial charge on any atom is 0.0491 e. The minimum atomic E-state index is 0.165. The van der Waals surface area contributed by atoms with Crippen LogP contribution < -0.4 is 5.73 Å². The molecule has 1 aromatic rings. The zero-order valence-electron chi connectivity index (χ0n) is 11.9. The molecule has 1 unspecified atom stereocenters. The van der Waals surface area contributed by atoms with E-state index < -0.39 is 0 Å². The number of piperidine rings is 1. The predicted octanol–water partition coefficient (Wildman–Crippen LogP) is 2.43. The van der Waals surface area contributed by atoms with Crippen molar-refractivity contribution in [2.75, 3.05) is 33.4 Å². The van der Waals surface area contributed by atoms with E-state index in [1.807, 2.05) is 6.07 Å². The molecular formula is C16H26N2O. The minimum absolute atomic E-state index is 0.165. The van der Waals surface area contributed by atoms with Gasteiger partial charge in [-0.05, 0) is 50.4 Å². The van der Waals surface area contributed by atoms with E-state index in [-0.39, 0.29) is 6.04 Å². The van der Waals surface area contributed by atoms with Gasteiger partial charge in [0.2, 0.25) is 0 Å². The molecule has 0 spiro atoms. The van der Waals surface area contributed by atoms with Gasteiger partial charge in [-0.1, -0.05) is 30.3 Å². The lowest BCUT2D eigenvalue weighted by molar-refractivity contribution is 0.0983. The summed E-state index contributed by atoms with van der Waals surface area (Å²) in [6.07, 6.45) is 3.56. The van der Waals surface area contributed by atoms with Gasteiger partial charge in [0.1, 0.15) is 0 Å². The first-order valence-electron chi connectivity index (χ1n) is 7.31. The van der Waals surface area contributed by atoms with Crippen LogP contribution in [0.25, 0.3) is 0 Å². The number of rotatable bonds is 6. The van der Waals surface area contributed by atoms with Crippen LogP contribution in [0.2, 0.25) is 0 Å². The van der Waals surface area contributed by atoms with Crippen molar-refractivity contribution in [3.8, 4) is 0 Å². The molecule has 1 fully saturated rings. The second kappa shape index (κ2) is 7.63. The van der Waals surface area contributed by atoms with Crippen LogP contribution in [-0.2, 0) is 4.74 Å². The number of nitrogens with zero attached hydrogens (tertiary/aromatic N) is 1. The zero-order valence-corrected chi connectivity index (χ0v) is 11.9. The Labute approximate surface area is 116 Å². The van der Waals surface area contributed by atoms with E-state index in [2.05, 4.69) is 29.2 Å². The van der Waals surface area contributed by atoms with Gasteiger partial charge in [0.25, 0.3) is 0 Å². The van der Waals surface area contributed by atoms with Gasteiger partial charge in [0.05, 0.1) is 0 Å². The maximum absolute atomic E-state index is 6.24. The Bertz CT molecular complexity index is 347. The van der Waals surface area contributed by atoms with Gasteiger partial charge in [-0.3, -0.25) is 0 Å². The van der Waals surface area contributed by atoms with Crippen molar-refractivity contribution in [1.29, 1.82) is 0 Å². The molecule has 3 heteroatoms. The van der Waals surface area contributed by atoms with Gasteiger partial charge < -0.3 is 15.4 Å². The molecule has 19 heavy (non-hydrogen) atoms. The molecule has 3 nitrogen and oxygen atoms in total. The normalized spacial score (nSPS) is 19.5. The molecule has 2 N–H and O–H groups in total. The molecule has 2 rings (SSSR count). The van der Waals surface area contributed by atoms with Crippen molar-refractivity contribution in [3.05, 3.63) is 35.9 Å². The van der Waals surface area contributed by atoms with E-state index in [0.29, 0.717) is 0 Å². The summed E-state index contributed by atoms with van der Waals surface area (Å²) in [5.74, 6) is 0.754. The third-order valence-corrected chi connectivity index (χ3v) is 4.09. The van der Waals surface area contributed by atoms with Gasteiger partial charge in [0, 0.05) is 19.8 Å². The Kier molecular flexibility index (Phi) is 5.83. The second-order valence-corrected chi connectivity index (χ2v) is 5.55. The Morgan fingerprint density at radius 1 is 1.26 bits per heavy atom. The average Bonchev–Trinajstić information content (AvgIpc) is 2.47. The quantitative estimate of drug-likeness (QED) is 0.855. The molecule has 1 aliphatic heterocycles. The fourth-order valence-corrected chi connectivity index (χ4v) is 2.80. The molecule has 1 aliphatic rings. The summed E-state index contributed by atoms with van der Waals surface area (Å²) in [5, 5.41) is 0. The molecule has 0 radical (unpaired) electrons. The van der Waals surface area contributed by atoms with E-state index in [0.717, 1.165) is 25.5 Å². The molecule has 0 aromatic heterocycles. The van der Waals surface area contributed by atoms with Crippen LogP contribution in [0, 0.1) is 5.92 Å². The first-order valence-corrected chi connectivity index (χ1v) is 7.31. The van der Waals surface area contributed by atoms with Crippen molar-refractivity contribution in [2.24, 2.45) is 11.7 Å². The summed E-state index contributed by atoms with van der Waals surface area (Å²) < 4.78 is 5.23. The van der Waals surface area contributed by atoms with Crippen LogP contribution in [0.4, 0.5) is 0 Å². The average molecular weight is 262 g/mol. The van der Waals surface area contributed by atoms with Gasteiger partial charge in [-0.15, -0.1) is 0 Å². The summed E-state index contributed by atoms with van der Waals surface area (Å²) in [7, 11) is 1.80. The topological polar surface area (TPSA) is 38.5 Å². The Hall–Kier alpha value is -0.900. The van der Waals surface area contributed by atoms with Crippen molar-refractivity contribution in [1.82, 2.24) is 4.90 Å². The van der Waals surface area contributed by atoms with Crippen molar-refractivity contribution < 1.29 is 4.74 Å². The highest BCUT2D eigenvalue weighted by Gasteiger charge is 2.19. The molecule has 0 aliphatic carbocycles. The fraction of sp³-hybridized carbons (Fsp3) is 0.625. The number of ether oxygens (including phenoxy) is 1. The lowest BCUT2D eigenvalue weighted by Gasteiger charge is -2.32. The molecule has 1 saturated heterocycles. The third kappa shape index (κ3) is 4.60. The highest BCUT2D eigenvalue weighted by Crippen LogP contribution is 2.19. The van der Waals surface area contributed by atoms with Crippen LogP contribution in [-0.4, -0.2) is 38.3 Å². The van der Waals surface area contributed by atoms with Crippen molar-refractivity contribution >= 4 is 0 Å². The first-order chi connectivity index (χ1) is 9.29. The number of benzene rings is 1. The summed E-state index contributed by atoms with van der Waals surface area (Å²) in [6.45, 7) is 4.40. The van der Waals surface area contributed by atoms with Crippen LogP contribution in [0.3, 0.4) is 0 Å². The van der Waals surface area contributed by atoms with Gasteiger partial charge in [-0.2, -0.15) is 0 Å². The van der Waals surface area contributed by atoms with E-state index in [1.54, 1.807) is 7.11 Å². The number of hydrogen-bond donors (Lipinski definition) is 1. The largest absolute Gasteiger partial charge is 0.384 e. The highest BCUT2D eigenvalue weighted by molar-refractivity contribution is 5.18. The van der Waals surface area contributed by atoms with Crippen molar-refractivity contribution in [2.45, 2.75) is 25.3 Å². The number of hydrogen-bond acceptors (Lipinski definition) is 3. The van der Waals surface area contributed by atoms with E-state index in [1.165, 1.54) is 31.5 Å². The molecule has 1 atom stereocenters. The lowest BCUT2D eigenvalue weighted by atomic mass is 9.97. The Balaban J connectivity index is 1.69. The number of likely N-dealkylation sites (tertiary alicyclic amines) is 1. The first kappa shape index (κ1) is 14.5. The highest BCUT2D eigenvalue weighted by atomic mass is 16.5. The Morgan fingerprint density at radius 2 is 1.95 bits per heavy atom. The SMILES string of the molecule is COCC1CCN(CCC(N)c2ccccc2)CC1. The smallest absolute Gasteiger partial charge is 0.0491 e. The molecule has 0 bridgehead atoms. The van der Waals surface area contributed by atoms with E-state index in [9.17, 15) is 0 Å². The lowest BCUT2D eigenvalue weighted by Crippen LogP contribution is -2.36. The number of methoxy groups -OCH3 is 1. The number of nitrogens with two attached hydrogens (primary N) is 1. The second-order valence-electron chi connectivity index (χ2n) is 5.55. The Morgan fingerprint density at radius 3 is 2.58 bits per heavy atom. The molecule has 0 amide bonds. The molecular weight excluding hydrogens is 236 g/mol. The summed E-state index contributed by atoms with van der Waals surface area (Å²) in [4.78, 5) is 2.54. The van der Waals surface area contributed by atoms with Crippen LogP contribution >= 0.6 is 0 Å². The van der Waals surface area contributed by atoms with E-state index in [4.69, 9.17) is 10.5 Å².